The molecule has 1 heterocycles. The van der Waals surface area contributed by atoms with Crippen LogP contribution in [0.4, 0.5) is 0 Å². The van der Waals surface area contributed by atoms with Gasteiger partial charge in [-0.3, -0.25) is 4.79 Å². The Labute approximate surface area is 156 Å². The molecule has 2 aromatic carbocycles. The summed E-state index contributed by atoms with van der Waals surface area (Å²) in [6.45, 7) is 3.71. The highest BCUT2D eigenvalue weighted by Gasteiger charge is 2.09. The lowest BCUT2D eigenvalue weighted by molar-refractivity contribution is -0.118. The number of rotatable bonds is 7. The van der Waals surface area contributed by atoms with Crippen LogP contribution in [0.1, 0.15) is 17.5 Å². The topological polar surface area (TPSA) is 39.2 Å². The summed E-state index contributed by atoms with van der Waals surface area (Å²) in [6.07, 6.45) is 0. The van der Waals surface area contributed by atoms with Crippen LogP contribution in [-0.2, 0) is 10.5 Å². The normalized spacial score (nSPS) is 10.6. The van der Waals surface area contributed by atoms with E-state index in [1.807, 2.05) is 42.5 Å². The molecule has 3 nitrogen and oxygen atoms in total. The molecule has 0 atom stereocenters. The number of carbonyl (C=O) groups excluding carboxylic acids is 1. The molecule has 25 heavy (non-hydrogen) atoms. The summed E-state index contributed by atoms with van der Waals surface area (Å²) in [6, 6.07) is 18.1. The molecule has 0 bridgehead atoms. The predicted octanol–water partition coefficient (Wildman–Crippen LogP) is 5.38. The van der Waals surface area contributed by atoms with Gasteiger partial charge in [-0.1, -0.05) is 30.3 Å². The van der Waals surface area contributed by atoms with Crippen molar-refractivity contribution in [3.63, 3.8) is 0 Å². The molecule has 0 aliphatic heterocycles. The van der Waals surface area contributed by atoms with Crippen LogP contribution in [-0.4, -0.2) is 17.4 Å². The van der Waals surface area contributed by atoms with E-state index in [2.05, 4.69) is 19.1 Å². The molecule has 0 fully saturated rings. The first-order valence-corrected chi connectivity index (χ1v) is 9.79. The van der Waals surface area contributed by atoms with Gasteiger partial charge in [0.25, 0.3) is 0 Å². The van der Waals surface area contributed by atoms with Crippen LogP contribution in [0.3, 0.4) is 0 Å². The molecule has 0 saturated heterocycles. The third-order valence-electron chi connectivity index (χ3n) is 3.55. The van der Waals surface area contributed by atoms with Gasteiger partial charge in [0.15, 0.2) is 5.78 Å². The maximum Gasteiger partial charge on any atom is 0.167 e. The summed E-state index contributed by atoms with van der Waals surface area (Å²) in [5.74, 6) is 1.64. The maximum absolute atomic E-state index is 10.9. The largest absolute Gasteiger partial charge is 0.486 e. The number of aromatic nitrogens is 1. The monoisotopic (exact) mass is 369 g/mol. The molecule has 0 radical (unpaired) electrons. The van der Waals surface area contributed by atoms with Crippen molar-refractivity contribution in [2.45, 2.75) is 24.5 Å². The van der Waals surface area contributed by atoms with Crippen molar-refractivity contribution in [1.29, 1.82) is 0 Å². The van der Waals surface area contributed by atoms with Crippen LogP contribution in [0, 0.1) is 6.92 Å². The van der Waals surface area contributed by atoms with Gasteiger partial charge in [-0.2, -0.15) is 0 Å². The van der Waals surface area contributed by atoms with Gasteiger partial charge in [0.1, 0.15) is 17.4 Å². The Balaban J connectivity index is 1.62. The molecule has 5 heteroatoms. The number of nitrogens with zero attached hydrogens (tertiary/aromatic N) is 1. The van der Waals surface area contributed by atoms with Gasteiger partial charge < -0.3 is 4.74 Å². The van der Waals surface area contributed by atoms with Crippen molar-refractivity contribution in [2.24, 2.45) is 0 Å². The van der Waals surface area contributed by atoms with Gasteiger partial charge in [0.2, 0.25) is 0 Å². The van der Waals surface area contributed by atoms with Gasteiger partial charge >= 0.3 is 0 Å². The summed E-state index contributed by atoms with van der Waals surface area (Å²) >= 11 is 3.53. The Morgan fingerprint density at radius 3 is 2.52 bits per heavy atom. The lowest BCUT2D eigenvalue weighted by Crippen LogP contribution is -2.06. The Morgan fingerprint density at radius 1 is 1.12 bits per heavy atom. The lowest BCUT2D eigenvalue weighted by Gasteiger charge is -2.05. The van der Waals surface area contributed by atoms with Crippen molar-refractivity contribution in [3.05, 3.63) is 65.2 Å². The zero-order valence-corrected chi connectivity index (χ0v) is 15.8. The number of thiazole rings is 1. The van der Waals surface area contributed by atoms with E-state index in [9.17, 15) is 4.79 Å². The number of ether oxygens (including phenoxy) is 1. The molecule has 0 aliphatic carbocycles. The third kappa shape index (κ3) is 4.94. The van der Waals surface area contributed by atoms with Gasteiger partial charge in [-0.05, 0) is 38.1 Å². The molecule has 3 aromatic rings. The fraction of sp³-hybridized carbons (Fsp3) is 0.200. The van der Waals surface area contributed by atoms with E-state index >= 15 is 0 Å². The maximum atomic E-state index is 10.9. The average Bonchev–Trinajstić information content (AvgIpc) is 3.00. The molecular formula is C20H19NO2S2. The average molecular weight is 370 g/mol. The van der Waals surface area contributed by atoms with Crippen LogP contribution >= 0.6 is 23.1 Å². The predicted molar refractivity (Wildman–Crippen MR) is 104 cm³/mol. The van der Waals surface area contributed by atoms with Gasteiger partial charge in [-0.15, -0.1) is 23.1 Å². The molecule has 3 rings (SSSR count). The molecule has 0 saturated carbocycles. The summed E-state index contributed by atoms with van der Waals surface area (Å²) in [4.78, 5) is 18.1. The van der Waals surface area contributed by atoms with Crippen molar-refractivity contribution < 1.29 is 9.53 Å². The number of aryl methyl sites for hydroxylation is 1. The number of ketones is 1. The van der Waals surface area contributed by atoms with Gasteiger partial charge in [0.05, 0.1) is 5.69 Å². The van der Waals surface area contributed by atoms with Gasteiger partial charge in [0, 0.05) is 21.1 Å². The summed E-state index contributed by atoms with van der Waals surface area (Å²) in [5.41, 5.74) is 2.26. The summed E-state index contributed by atoms with van der Waals surface area (Å²) < 4.78 is 5.39. The Bertz CT molecular complexity index is 842. The number of benzene rings is 2. The smallest absolute Gasteiger partial charge is 0.167 e. The van der Waals surface area contributed by atoms with E-state index in [0.29, 0.717) is 0 Å². The highest BCUT2D eigenvalue weighted by atomic mass is 32.2. The first-order chi connectivity index (χ1) is 12.1. The molecule has 0 unspecified atom stereocenters. The number of hydrogen-bond donors (Lipinski definition) is 0. The molecule has 0 aliphatic rings. The SMILES string of the molecule is CC(=O)COc1ccc(SCc2sc(-c3ccccc3)nc2C)cc1. The lowest BCUT2D eigenvalue weighted by atomic mass is 10.2. The highest BCUT2D eigenvalue weighted by molar-refractivity contribution is 7.98. The van der Waals surface area contributed by atoms with E-state index in [-0.39, 0.29) is 12.4 Å². The zero-order chi connectivity index (χ0) is 17.6. The van der Waals surface area contributed by atoms with Crippen molar-refractivity contribution in [1.82, 2.24) is 4.98 Å². The first-order valence-electron chi connectivity index (χ1n) is 7.98. The van der Waals surface area contributed by atoms with E-state index in [1.54, 1.807) is 23.1 Å². The zero-order valence-electron chi connectivity index (χ0n) is 14.2. The van der Waals surface area contributed by atoms with Crippen molar-refractivity contribution in [3.8, 4) is 16.3 Å². The quantitative estimate of drug-likeness (QED) is 0.524. The number of hydrogen-bond acceptors (Lipinski definition) is 5. The number of Topliss-reactive ketones (excluding diaryl/α,β-unsaturated/α-hetero) is 1. The molecule has 0 amide bonds. The van der Waals surface area contributed by atoms with Crippen LogP contribution in [0.5, 0.6) is 5.75 Å². The third-order valence-corrected chi connectivity index (χ3v) is 5.98. The van der Waals surface area contributed by atoms with Crippen LogP contribution in [0.25, 0.3) is 10.6 Å². The van der Waals surface area contributed by atoms with Crippen molar-refractivity contribution in [2.75, 3.05) is 6.61 Å². The van der Waals surface area contributed by atoms with Crippen LogP contribution in [0.15, 0.2) is 59.5 Å². The van der Waals surface area contributed by atoms with Crippen LogP contribution < -0.4 is 4.74 Å². The molecule has 0 N–H and O–H groups in total. The minimum Gasteiger partial charge on any atom is -0.486 e. The standard InChI is InChI=1S/C20H19NO2S2/c1-14(22)12-23-17-8-10-18(11-9-17)24-13-19-15(2)21-20(25-19)16-6-4-3-5-7-16/h3-11H,12-13H2,1-2H3. The highest BCUT2D eigenvalue weighted by Crippen LogP contribution is 2.33. The summed E-state index contributed by atoms with van der Waals surface area (Å²) in [5, 5.41) is 1.07. The number of carbonyl (C=O) groups is 1. The second-order valence-electron chi connectivity index (χ2n) is 5.64. The fourth-order valence-electron chi connectivity index (χ4n) is 2.23. The summed E-state index contributed by atoms with van der Waals surface area (Å²) in [7, 11) is 0. The first kappa shape index (κ1) is 17.7. The minimum absolute atomic E-state index is 0.0216. The number of thioether (sulfide) groups is 1. The molecular weight excluding hydrogens is 350 g/mol. The van der Waals surface area contributed by atoms with Gasteiger partial charge in [-0.25, -0.2) is 4.98 Å². The molecule has 128 valence electrons. The second-order valence-corrected chi connectivity index (χ2v) is 7.78. The second kappa shape index (κ2) is 8.32. The molecule has 0 spiro atoms. The minimum atomic E-state index is 0.0216. The van der Waals surface area contributed by atoms with E-state index in [0.717, 1.165) is 22.2 Å². The van der Waals surface area contributed by atoms with Crippen LogP contribution in [0.2, 0.25) is 0 Å². The van der Waals surface area contributed by atoms with E-state index in [4.69, 9.17) is 9.72 Å². The van der Waals surface area contributed by atoms with E-state index in [1.165, 1.54) is 22.3 Å². The molecule has 1 aromatic heterocycles. The van der Waals surface area contributed by atoms with Crippen molar-refractivity contribution >= 4 is 28.9 Å². The van der Waals surface area contributed by atoms with E-state index < -0.39 is 0 Å². The fourth-order valence-corrected chi connectivity index (χ4v) is 4.34. The Morgan fingerprint density at radius 2 is 1.84 bits per heavy atom. The Kier molecular flexibility index (Phi) is 5.89. The Hall–Kier alpha value is -2.11.